The van der Waals surface area contributed by atoms with Crippen molar-refractivity contribution in [1.29, 1.82) is 5.26 Å². The van der Waals surface area contributed by atoms with E-state index in [2.05, 4.69) is 28.2 Å². The van der Waals surface area contributed by atoms with Crippen molar-refractivity contribution in [3.05, 3.63) is 23.9 Å². The second kappa shape index (κ2) is 6.36. The highest BCUT2D eigenvalue weighted by molar-refractivity contribution is 5.38. The third-order valence-electron chi connectivity index (χ3n) is 3.62. The molecule has 2 heterocycles. The number of nitriles is 1. The Kier molecular flexibility index (Phi) is 4.54. The van der Waals surface area contributed by atoms with Crippen LogP contribution >= 0.6 is 0 Å². The third kappa shape index (κ3) is 3.44. The molecule has 1 aromatic heterocycles. The molecule has 4 nitrogen and oxygen atoms in total. The molecule has 1 fully saturated rings. The van der Waals surface area contributed by atoms with E-state index in [9.17, 15) is 0 Å². The average molecular weight is 244 g/mol. The van der Waals surface area contributed by atoms with Crippen molar-refractivity contribution in [2.75, 3.05) is 31.5 Å². The minimum absolute atomic E-state index is 0.608. The van der Waals surface area contributed by atoms with Crippen LogP contribution in [-0.2, 0) is 0 Å². The molecule has 0 saturated carbocycles. The molecular weight excluding hydrogens is 224 g/mol. The van der Waals surface area contributed by atoms with Crippen molar-refractivity contribution in [2.24, 2.45) is 5.92 Å². The highest BCUT2D eigenvalue weighted by atomic mass is 15.1. The zero-order valence-electron chi connectivity index (χ0n) is 10.9. The number of hydrogen-bond acceptors (Lipinski definition) is 4. The van der Waals surface area contributed by atoms with Gasteiger partial charge in [0.15, 0.2) is 0 Å². The molecule has 0 aliphatic carbocycles. The number of hydrogen-bond donors (Lipinski definition) is 1. The number of likely N-dealkylation sites (tertiary alicyclic amines) is 1. The summed E-state index contributed by atoms with van der Waals surface area (Å²) in [5, 5.41) is 12.1. The number of nitrogens with zero attached hydrogens (tertiary/aromatic N) is 3. The summed E-state index contributed by atoms with van der Waals surface area (Å²) < 4.78 is 0. The molecule has 0 unspecified atom stereocenters. The lowest BCUT2D eigenvalue weighted by atomic mass is 9.97. The number of pyridine rings is 1. The van der Waals surface area contributed by atoms with Gasteiger partial charge < -0.3 is 10.2 Å². The number of rotatable bonds is 4. The van der Waals surface area contributed by atoms with E-state index in [-0.39, 0.29) is 0 Å². The first-order chi connectivity index (χ1) is 8.81. The Bertz CT molecular complexity index is 399. The van der Waals surface area contributed by atoms with Crippen LogP contribution in [0.5, 0.6) is 0 Å². The van der Waals surface area contributed by atoms with Crippen molar-refractivity contribution in [3.63, 3.8) is 0 Å². The van der Waals surface area contributed by atoms with Gasteiger partial charge in [0.2, 0.25) is 0 Å². The van der Waals surface area contributed by atoms with Crippen LogP contribution in [-0.4, -0.2) is 36.1 Å². The van der Waals surface area contributed by atoms with Crippen LogP contribution in [0.15, 0.2) is 18.3 Å². The SMILES string of the molecule is CCN1CCC(CNc2ccc(C#N)cn2)CC1. The summed E-state index contributed by atoms with van der Waals surface area (Å²) in [4.78, 5) is 6.72. The first-order valence-corrected chi connectivity index (χ1v) is 6.64. The second-order valence-electron chi connectivity index (χ2n) is 4.80. The number of anilines is 1. The van der Waals surface area contributed by atoms with E-state index in [1.54, 1.807) is 12.3 Å². The van der Waals surface area contributed by atoms with E-state index < -0.39 is 0 Å². The molecular formula is C14H20N4. The molecule has 0 spiro atoms. The minimum Gasteiger partial charge on any atom is -0.370 e. The van der Waals surface area contributed by atoms with Gasteiger partial charge in [-0.15, -0.1) is 0 Å². The predicted molar refractivity (Wildman–Crippen MR) is 72.3 cm³/mol. The maximum absolute atomic E-state index is 8.70. The van der Waals surface area contributed by atoms with Crippen LogP contribution in [0.25, 0.3) is 0 Å². The molecule has 96 valence electrons. The van der Waals surface area contributed by atoms with Gasteiger partial charge >= 0.3 is 0 Å². The highest BCUT2D eigenvalue weighted by Gasteiger charge is 2.17. The Hall–Kier alpha value is -1.60. The van der Waals surface area contributed by atoms with Crippen molar-refractivity contribution >= 4 is 5.82 Å². The molecule has 0 atom stereocenters. The van der Waals surface area contributed by atoms with Crippen LogP contribution in [0.1, 0.15) is 25.3 Å². The fourth-order valence-electron chi connectivity index (χ4n) is 2.32. The molecule has 1 N–H and O–H groups in total. The number of piperidine rings is 1. The van der Waals surface area contributed by atoms with Crippen molar-refractivity contribution in [2.45, 2.75) is 19.8 Å². The Labute approximate surface area is 109 Å². The van der Waals surface area contributed by atoms with Crippen LogP contribution in [0.4, 0.5) is 5.82 Å². The Morgan fingerprint density at radius 3 is 2.78 bits per heavy atom. The molecule has 4 heteroatoms. The zero-order valence-corrected chi connectivity index (χ0v) is 10.9. The van der Waals surface area contributed by atoms with E-state index in [0.29, 0.717) is 5.56 Å². The fraction of sp³-hybridized carbons (Fsp3) is 0.571. The molecule has 1 aromatic rings. The standard InChI is InChI=1S/C14H20N4/c1-2-18-7-5-12(6-8-18)10-16-14-4-3-13(9-15)11-17-14/h3-4,11-12H,2,5-8,10H2,1H3,(H,16,17). The third-order valence-corrected chi connectivity index (χ3v) is 3.62. The Morgan fingerprint density at radius 1 is 1.44 bits per heavy atom. The largest absolute Gasteiger partial charge is 0.370 e. The van der Waals surface area contributed by atoms with E-state index in [1.165, 1.54) is 25.9 Å². The van der Waals surface area contributed by atoms with Crippen LogP contribution < -0.4 is 5.32 Å². The lowest BCUT2D eigenvalue weighted by Gasteiger charge is -2.31. The van der Waals surface area contributed by atoms with E-state index in [1.807, 2.05) is 6.07 Å². The van der Waals surface area contributed by atoms with Crippen LogP contribution in [0.2, 0.25) is 0 Å². The van der Waals surface area contributed by atoms with Crippen molar-refractivity contribution < 1.29 is 0 Å². The zero-order chi connectivity index (χ0) is 12.8. The molecule has 2 rings (SSSR count). The van der Waals surface area contributed by atoms with Gasteiger partial charge in [-0.2, -0.15) is 5.26 Å². The summed E-state index contributed by atoms with van der Waals surface area (Å²) in [6, 6.07) is 5.75. The van der Waals surface area contributed by atoms with Gasteiger partial charge in [0.05, 0.1) is 5.56 Å². The minimum atomic E-state index is 0.608. The number of aromatic nitrogens is 1. The Morgan fingerprint density at radius 2 is 2.22 bits per heavy atom. The summed E-state index contributed by atoms with van der Waals surface area (Å²) in [7, 11) is 0. The lowest BCUT2D eigenvalue weighted by Crippen LogP contribution is -2.35. The fourth-order valence-corrected chi connectivity index (χ4v) is 2.32. The summed E-state index contributed by atoms with van der Waals surface area (Å²) in [5.74, 6) is 1.61. The van der Waals surface area contributed by atoms with Crippen LogP contribution in [0.3, 0.4) is 0 Å². The molecule has 0 aromatic carbocycles. The molecule has 0 amide bonds. The predicted octanol–water partition coefficient (Wildman–Crippen LogP) is 2.10. The van der Waals surface area contributed by atoms with Crippen molar-refractivity contribution in [3.8, 4) is 6.07 Å². The molecule has 0 bridgehead atoms. The van der Waals surface area contributed by atoms with E-state index >= 15 is 0 Å². The summed E-state index contributed by atoms with van der Waals surface area (Å²) >= 11 is 0. The first-order valence-electron chi connectivity index (χ1n) is 6.64. The van der Waals surface area contributed by atoms with Crippen LogP contribution in [0, 0.1) is 17.2 Å². The van der Waals surface area contributed by atoms with Gasteiger partial charge in [-0.05, 0) is 50.5 Å². The first kappa shape index (κ1) is 12.8. The van der Waals surface area contributed by atoms with Gasteiger partial charge in [-0.3, -0.25) is 0 Å². The maximum Gasteiger partial charge on any atom is 0.125 e. The Balaban J connectivity index is 1.76. The van der Waals surface area contributed by atoms with E-state index in [0.717, 1.165) is 24.8 Å². The van der Waals surface area contributed by atoms with Crippen molar-refractivity contribution in [1.82, 2.24) is 9.88 Å². The molecule has 1 saturated heterocycles. The smallest absolute Gasteiger partial charge is 0.125 e. The molecule has 0 radical (unpaired) electrons. The van der Waals surface area contributed by atoms with Gasteiger partial charge in [0.1, 0.15) is 11.9 Å². The van der Waals surface area contributed by atoms with Gasteiger partial charge in [0.25, 0.3) is 0 Å². The number of nitrogens with one attached hydrogen (secondary N) is 1. The summed E-state index contributed by atoms with van der Waals surface area (Å²) in [6.45, 7) is 6.79. The summed E-state index contributed by atoms with van der Waals surface area (Å²) in [5.41, 5.74) is 0.608. The van der Waals surface area contributed by atoms with Gasteiger partial charge in [0, 0.05) is 12.7 Å². The maximum atomic E-state index is 8.70. The quantitative estimate of drug-likeness (QED) is 0.881. The highest BCUT2D eigenvalue weighted by Crippen LogP contribution is 2.17. The second-order valence-corrected chi connectivity index (χ2v) is 4.80. The van der Waals surface area contributed by atoms with E-state index in [4.69, 9.17) is 5.26 Å². The molecule has 18 heavy (non-hydrogen) atoms. The van der Waals surface area contributed by atoms with Gasteiger partial charge in [-0.1, -0.05) is 6.92 Å². The molecule has 1 aliphatic rings. The van der Waals surface area contributed by atoms with Gasteiger partial charge in [-0.25, -0.2) is 4.98 Å². The average Bonchev–Trinajstić information content (AvgIpc) is 2.46. The summed E-state index contributed by atoms with van der Waals surface area (Å²) in [6.07, 6.45) is 4.14. The lowest BCUT2D eigenvalue weighted by molar-refractivity contribution is 0.198. The molecule has 1 aliphatic heterocycles. The topological polar surface area (TPSA) is 52.0 Å². The monoisotopic (exact) mass is 244 g/mol. The normalized spacial score (nSPS) is 17.3.